The van der Waals surface area contributed by atoms with Gasteiger partial charge in [0.05, 0.1) is 10.6 Å². The number of halogens is 4. The number of likely N-dealkylation sites (N-methyl/N-ethyl adjacent to an activating group) is 1. The number of anilines is 3. The highest BCUT2D eigenvalue weighted by atomic mass is 35.5. The largest absolute Gasteiger partial charge is 0.417 e. The fourth-order valence-electron chi connectivity index (χ4n) is 4.39. The van der Waals surface area contributed by atoms with Crippen LogP contribution in [0.15, 0.2) is 36.4 Å². The number of alkyl halides is 3. The number of rotatable bonds is 5. The zero-order valence-electron chi connectivity index (χ0n) is 21.5. The first-order valence-corrected chi connectivity index (χ1v) is 12.5. The van der Waals surface area contributed by atoms with E-state index >= 15 is 0 Å². The van der Waals surface area contributed by atoms with Crippen molar-refractivity contribution in [3.8, 4) is 0 Å². The average Bonchev–Trinajstić information content (AvgIpc) is 2.81. The fraction of sp³-hybridized carbons (Fsp3) is 0.385. The molecule has 12 heteroatoms. The highest BCUT2D eigenvalue weighted by Gasteiger charge is 2.33. The van der Waals surface area contributed by atoms with Gasteiger partial charge in [0, 0.05) is 43.5 Å². The van der Waals surface area contributed by atoms with Gasteiger partial charge < -0.3 is 20.4 Å². The number of piperazine rings is 1. The minimum atomic E-state index is -4.63. The summed E-state index contributed by atoms with van der Waals surface area (Å²) in [6, 6.07) is 8.16. The molecular weight excluding hydrogens is 519 g/mol. The van der Waals surface area contributed by atoms with Crippen molar-refractivity contribution < 1.29 is 18.0 Å². The number of carbonyl (C=O) groups is 1. The summed E-state index contributed by atoms with van der Waals surface area (Å²) in [7, 11) is 2.09. The van der Waals surface area contributed by atoms with Gasteiger partial charge in [0.2, 0.25) is 5.95 Å². The maximum Gasteiger partial charge on any atom is 0.417 e. The van der Waals surface area contributed by atoms with Crippen LogP contribution < -0.4 is 15.5 Å². The minimum absolute atomic E-state index is 0.0297. The van der Waals surface area contributed by atoms with Crippen molar-refractivity contribution in [2.24, 2.45) is 0 Å². The molecule has 0 radical (unpaired) electrons. The molecule has 1 atom stereocenters. The van der Waals surface area contributed by atoms with Crippen LogP contribution in [-0.4, -0.2) is 58.6 Å². The zero-order chi connectivity index (χ0) is 27.6. The Morgan fingerprint density at radius 3 is 2.42 bits per heavy atom. The number of carbonyl (C=O) groups excluding carboxylic acids is 1. The lowest BCUT2D eigenvalue weighted by molar-refractivity contribution is -0.137. The number of nitrogens with zero attached hydrogens (tertiary/aromatic N) is 5. The summed E-state index contributed by atoms with van der Waals surface area (Å²) in [5.41, 5.74) is 1.31. The van der Waals surface area contributed by atoms with E-state index in [2.05, 4.69) is 44.4 Å². The van der Waals surface area contributed by atoms with E-state index in [-0.39, 0.29) is 11.7 Å². The van der Waals surface area contributed by atoms with Gasteiger partial charge in [-0.1, -0.05) is 17.7 Å². The van der Waals surface area contributed by atoms with E-state index in [1.807, 2.05) is 19.9 Å². The van der Waals surface area contributed by atoms with E-state index in [4.69, 9.17) is 16.6 Å². The monoisotopic (exact) mass is 547 g/mol. The average molecular weight is 548 g/mol. The molecule has 0 bridgehead atoms. The molecule has 2 N–H and O–H groups in total. The van der Waals surface area contributed by atoms with Crippen LogP contribution >= 0.6 is 11.6 Å². The molecule has 202 valence electrons. The van der Waals surface area contributed by atoms with Crippen LogP contribution in [0.1, 0.15) is 35.3 Å². The zero-order valence-corrected chi connectivity index (χ0v) is 22.3. The van der Waals surface area contributed by atoms with Crippen LogP contribution in [0.2, 0.25) is 5.02 Å². The van der Waals surface area contributed by atoms with Gasteiger partial charge in [-0.15, -0.1) is 0 Å². The first kappa shape index (κ1) is 27.6. The summed E-state index contributed by atoms with van der Waals surface area (Å²) in [6.07, 6.45) is -4.21. The first-order chi connectivity index (χ1) is 17.9. The van der Waals surface area contributed by atoms with E-state index in [9.17, 15) is 18.0 Å². The lowest BCUT2D eigenvalue weighted by Crippen LogP contribution is -2.51. The Hall–Kier alpha value is -3.44. The Bertz CT molecular complexity index is 1330. The maximum absolute atomic E-state index is 13.1. The molecule has 1 saturated heterocycles. The number of amides is 2. The van der Waals surface area contributed by atoms with Crippen molar-refractivity contribution in [2.45, 2.75) is 39.4 Å². The predicted molar refractivity (Wildman–Crippen MR) is 142 cm³/mol. The molecular formula is C26H29ClF3N7O. The number of aromatic nitrogens is 3. The fourth-order valence-corrected chi connectivity index (χ4v) is 4.61. The number of hydrogen-bond donors (Lipinski definition) is 2. The number of aryl methyl sites for hydroxylation is 2. The van der Waals surface area contributed by atoms with Crippen molar-refractivity contribution in [3.05, 3.63) is 69.8 Å². The molecule has 1 fully saturated rings. The Balaban J connectivity index is 1.48. The van der Waals surface area contributed by atoms with Gasteiger partial charge in [-0.2, -0.15) is 23.1 Å². The van der Waals surface area contributed by atoms with Crippen LogP contribution in [-0.2, 0) is 12.6 Å². The number of urea groups is 1. The predicted octanol–water partition coefficient (Wildman–Crippen LogP) is 5.54. The van der Waals surface area contributed by atoms with Crippen LogP contribution in [0.25, 0.3) is 0 Å². The van der Waals surface area contributed by atoms with Gasteiger partial charge in [0.25, 0.3) is 0 Å². The molecule has 38 heavy (non-hydrogen) atoms. The second-order valence-electron chi connectivity index (χ2n) is 9.49. The lowest BCUT2D eigenvalue weighted by Gasteiger charge is -2.38. The Morgan fingerprint density at radius 2 is 1.74 bits per heavy atom. The highest BCUT2D eigenvalue weighted by molar-refractivity contribution is 6.31. The molecule has 1 aliphatic rings. The standard InChI is InChI=1S/C26H29ClF3N7O/c1-15-5-6-19(33-25(38)34-20-7-8-22(27)21(13-20)26(28,29)30)11-18(15)12-23-31-17(3)32-24(35-23)37-10-9-36(4)14-16(37)2/h5-8,11,13,16H,9-10,12,14H2,1-4H3,(H2,33,34,38). The van der Waals surface area contributed by atoms with Crippen molar-refractivity contribution >= 4 is 35.0 Å². The quantitative estimate of drug-likeness (QED) is 0.436. The van der Waals surface area contributed by atoms with E-state index < -0.39 is 22.8 Å². The molecule has 2 heterocycles. The third-order valence-electron chi connectivity index (χ3n) is 6.35. The van der Waals surface area contributed by atoms with E-state index in [0.29, 0.717) is 29.7 Å². The summed E-state index contributed by atoms with van der Waals surface area (Å²) in [6.45, 7) is 8.60. The smallest absolute Gasteiger partial charge is 0.335 e. The van der Waals surface area contributed by atoms with E-state index in [1.54, 1.807) is 12.1 Å². The Labute approximate surface area is 224 Å². The molecule has 0 spiro atoms. The van der Waals surface area contributed by atoms with Gasteiger partial charge in [-0.3, -0.25) is 0 Å². The summed E-state index contributed by atoms with van der Waals surface area (Å²) >= 11 is 5.66. The molecule has 8 nitrogen and oxygen atoms in total. The van der Waals surface area contributed by atoms with Crippen LogP contribution in [0, 0.1) is 13.8 Å². The van der Waals surface area contributed by atoms with Crippen LogP contribution in [0.3, 0.4) is 0 Å². The number of nitrogens with one attached hydrogen (secondary N) is 2. The van der Waals surface area contributed by atoms with Gasteiger partial charge in [-0.25, -0.2) is 9.78 Å². The van der Waals surface area contributed by atoms with Crippen molar-refractivity contribution in [1.29, 1.82) is 0 Å². The van der Waals surface area contributed by atoms with Gasteiger partial charge >= 0.3 is 12.2 Å². The van der Waals surface area contributed by atoms with Crippen LogP contribution in [0.5, 0.6) is 0 Å². The Kier molecular flexibility index (Phi) is 8.08. The molecule has 0 saturated carbocycles. The van der Waals surface area contributed by atoms with Crippen molar-refractivity contribution in [1.82, 2.24) is 19.9 Å². The SMILES string of the molecule is Cc1nc(Cc2cc(NC(=O)Nc3ccc(Cl)c(C(F)(F)F)c3)ccc2C)nc(N2CCN(C)CC2C)n1. The summed E-state index contributed by atoms with van der Waals surface area (Å²) in [5, 5.41) is 4.65. The van der Waals surface area contributed by atoms with Gasteiger partial charge in [-0.05, 0) is 69.3 Å². The Morgan fingerprint density at radius 1 is 1.05 bits per heavy atom. The van der Waals surface area contributed by atoms with Crippen molar-refractivity contribution in [3.63, 3.8) is 0 Å². The highest BCUT2D eigenvalue weighted by Crippen LogP contribution is 2.36. The first-order valence-electron chi connectivity index (χ1n) is 12.1. The molecule has 1 aromatic heterocycles. The normalized spacial score (nSPS) is 16.4. The third kappa shape index (κ3) is 6.70. The maximum atomic E-state index is 13.1. The summed E-state index contributed by atoms with van der Waals surface area (Å²) in [4.78, 5) is 30.8. The molecule has 2 aromatic carbocycles. The third-order valence-corrected chi connectivity index (χ3v) is 6.68. The topological polar surface area (TPSA) is 86.3 Å². The van der Waals surface area contributed by atoms with Crippen molar-refractivity contribution in [2.75, 3.05) is 42.2 Å². The minimum Gasteiger partial charge on any atom is -0.335 e. The molecule has 0 aliphatic carbocycles. The summed E-state index contributed by atoms with van der Waals surface area (Å²) in [5.74, 6) is 1.90. The molecule has 4 rings (SSSR count). The van der Waals surface area contributed by atoms with Gasteiger partial charge in [0.1, 0.15) is 11.6 Å². The number of benzene rings is 2. The molecule has 2 amide bonds. The number of hydrogen-bond acceptors (Lipinski definition) is 6. The molecule has 1 aliphatic heterocycles. The molecule has 1 unspecified atom stereocenters. The lowest BCUT2D eigenvalue weighted by atomic mass is 10.0. The van der Waals surface area contributed by atoms with E-state index in [1.165, 1.54) is 6.07 Å². The second kappa shape index (κ2) is 11.1. The van der Waals surface area contributed by atoms with E-state index in [0.717, 1.165) is 42.9 Å². The van der Waals surface area contributed by atoms with Gasteiger partial charge in [0.15, 0.2) is 0 Å². The molecule has 3 aromatic rings. The summed E-state index contributed by atoms with van der Waals surface area (Å²) < 4.78 is 39.4. The second-order valence-corrected chi connectivity index (χ2v) is 9.90. The van der Waals surface area contributed by atoms with Crippen LogP contribution in [0.4, 0.5) is 35.3 Å².